The Morgan fingerprint density at radius 1 is 1.78 bits per heavy atom. The predicted molar refractivity (Wildman–Crippen MR) is 41.9 cm³/mol. The van der Waals surface area contributed by atoms with Crippen LogP contribution in [0.4, 0.5) is 5.69 Å². The number of hydrogen-bond acceptors (Lipinski definition) is 4. The lowest BCUT2D eigenvalue weighted by Gasteiger charge is -1.90. The van der Waals surface area contributed by atoms with E-state index in [0.717, 1.165) is 9.77 Å². The number of nitrogen functional groups attached to an aromatic ring is 1. The van der Waals surface area contributed by atoms with E-state index in [1.54, 1.807) is 0 Å². The topological polar surface area (TPSA) is 46.2 Å². The Morgan fingerprint density at radius 3 is 2.67 bits per heavy atom. The van der Waals surface area contributed by atoms with E-state index in [1.165, 1.54) is 11.3 Å². The Kier molecular flexibility index (Phi) is 2.00. The summed E-state index contributed by atoms with van der Waals surface area (Å²) in [5.41, 5.74) is 6.09. The first kappa shape index (κ1) is 6.92. The van der Waals surface area contributed by atoms with Crippen LogP contribution in [-0.2, 0) is 6.61 Å². The van der Waals surface area contributed by atoms with Crippen LogP contribution >= 0.6 is 24.0 Å². The number of thiol groups is 1. The Balaban J connectivity index is 3.04. The molecule has 1 aromatic rings. The molecule has 2 nitrogen and oxygen atoms in total. The van der Waals surface area contributed by atoms with Gasteiger partial charge in [-0.25, -0.2) is 0 Å². The van der Waals surface area contributed by atoms with Gasteiger partial charge in [-0.3, -0.25) is 0 Å². The third kappa shape index (κ3) is 1.20. The highest BCUT2D eigenvalue weighted by Gasteiger charge is 2.02. The molecule has 0 atom stereocenters. The molecule has 50 valence electrons. The molecule has 0 bridgehead atoms. The second-order valence-corrected chi connectivity index (χ2v) is 3.06. The number of rotatable bonds is 1. The van der Waals surface area contributed by atoms with Crippen LogP contribution in [0.3, 0.4) is 0 Å². The zero-order chi connectivity index (χ0) is 6.85. The van der Waals surface area contributed by atoms with Gasteiger partial charge in [0.15, 0.2) is 0 Å². The molecule has 0 aromatic carbocycles. The number of thiophene rings is 1. The molecule has 0 aliphatic rings. The van der Waals surface area contributed by atoms with Gasteiger partial charge in [0, 0.05) is 10.3 Å². The zero-order valence-electron chi connectivity index (χ0n) is 4.66. The molecular weight excluding hydrogens is 154 g/mol. The molecule has 1 aromatic heterocycles. The number of nitrogens with two attached hydrogens (primary N) is 1. The van der Waals surface area contributed by atoms with Gasteiger partial charge < -0.3 is 10.8 Å². The van der Waals surface area contributed by atoms with Gasteiger partial charge in [-0.15, -0.1) is 24.0 Å². The van der Waals surface area contributed by atoms with Crippen LogP contribution in [0.1, 0.15) is 4.88 Å². The van der Waals surface area contributed by atoms with Crippen LogP contribution in [0.5, 0.6) is 0 Å². The molecule has 0 aliphatic heterocycles. The monoisotopic (exact) mass is 161 g/mol. The molecular formula is C5H7NOS2. The van der Waals surface area contributed by atoms with Crippen LogP contribution in [0.15, 0.2) is 10.3 Å². The van der Waals surface area contributed by atoms with Crippen LogP contribution in [0, 0.1) is 0 Å². The molecule has 0 spiro atoms. The fraction of sp³-hybridized carbons (Fsp3) is 0.200. The average Bonchev–Trinajstić information content (AvgIpc) is 2.15. The van der Waals surface area contributed by atoms with Gasteiger partial charge in [0.05, 0.1) is 17.2 Å². The molecule has 3 N–H and O–H groups in total. The Morgan fingerprint density at radius 2 is 2.44 bits per heavy atom. The van der Waals surface area contributed by atoms with Crippen molar-refractivity contribution in [2.24, 2.45) is 0 Å². The molecule has 0 saturated carbocycles. The Labute approximate surface area is 62.7 Å². The van der Waals surface area contributed by atoms with Gasteiger partial charge in [-0.05, 0) is 0 Å². The summed E-state index contributed by atoms with van der Waals surface area (Å²) in [5.74, 6) is 0. The fourth-order valence-corrected chi connectivity index (χ4v) is 1.58. The maximum Gasteiger partial charge on any atom is 0.0795 e. The van der Waals surface area contributed by atoms with Gasteiger partial charge >= 0.3 is 0 Å². The van der Waals surface area contributed by atoms with E-state index in [0.29, 0.717) is 5.69 Å². The third-order valence-corrected chi connectivity index (χ3v) is 2.56. The summed E-state index contributed by atoms with van der Waals surface area (Å²) < 4.78 is 0. The molecule has 0 aliphatic carbocycles. The highest BCUT2D eigenvalue weighted by Crippen LogP contribution is 2.27. The highest BCUT2D eigenvalue weighted by molar-refractivity contribution is 7.80. The second-order valence-electron chi connectivity index (χ2n) is 1.62. The summed E-state index contributed by atoms with van der Waals surface area (Å²) in [6.07, 6.45) is 0. The highest BCUT2D eigenvalue weighted by atomic mass is 32.1. The minimum absolute atomic E-state index is 0.0110. The summed E-state index contributed by atoms with van der Waals surface area (Å²) in [5, 5.41) is 10.4. The quantitative estimate of drug-likeness (QED) is 0.540. The lowest BCUT2D eigenvalue weighted by Crippen LogP contribution is -1.87. The standard InChI is InChI=1S/C5H7NOS2/c6-5-3(8)2-9-4(5)1-7/h2,7-8H,1,6H2. The zero-order valence-corrected chi connectivity index (χ0v) is 6.38. The van der Waals surface area contributed by atoms with Crippen LogP contribution in [-0.4, -0.2) is 5.11 Å². The van der Waals surface area contributed by atoms with Crippen molar-refractivity contribution in [2.75, 3.05) is 5.73 Å². The van der Waals surface area contributed by atoms with Crippen molar-refractivity contribution in [3.63, 3.8) is 0 Å². The average molecular weight is 161 g/mol. The largest absolute Gasteiger partial charge is 0.397 e. The summed E-state index contributed by atoms with van der Waals surface area (Å²) in [7, 11) is 0. The lowest BCUT2D eigenvalue weighted by molar-refractivity contribution is 0.286. The summed E-state index contributed by atoms with van der Waals surface area (Å²) >= 11 is 5.47. The molecule has 9 heavy (non-hydrogen) atoms. The van der Waals surface area contributed by atoms with E-state index >= 15 is 0 Å². The van der Waals surface area contributed by atoms with Crippen LogP contribution < -0.4 is 5.73 Å². The van der Waals surface area contributed by atoms with E-state index in [2.05, 4.69) is 12.6 Å². The number of aliphatic hydroxyl groups excluding tert-OH is 1. The second kappa shape index (κ2) is 2.60. The molecule has 0 saturated heterocycles. The van der Waals surface area contributed by atoms with Crippen molar-refractivity contribution in [1.82, 2.24) is 0 Å². The molecule has 0 amide bonds. The van der Waals surface area contributed by atoms with Crippen molar-refractivity contribution in [1.29, 1.82) is 0 Å². The molecule has 0 radical (unpaired) electrons. The first-order valence-corrected chi connectivity index (χ1v) is 3.74. The molecule has 1 rings (SSSR count). The smallest absolute Gasteiger partial charge is 0.0795 e. The number of aliphatic hydroxyl groups is 1. The molecule has 0 fully saturated rings. The van der Waals surface area contributed by atoms with Gasteiger partial charge in [0.25, 0.3) is 0 Å². The molecule has 0 unspecified atom stereocenters. The Hall–Kier alpha value is -0.190. The van der Waals surface area contributed by atoms with Gasteiger partial charge in [-0.2, -0.15) is 0 Å². The molecule has 4 heteroatoms. The normalized spacial score (nSPS) is 10.0. The third-order valence-electron chi connectivity index (χ3n) is 1.03. The summed E-state index contributed by atoms with van der Waals surface area (Å²) in [4.78, 5) is 1.55. The van der Waals surface area contributed by atoms with E-state index in [1.807, 2.05) is 5.38 Å². The predicted octanol–water partition coefficient (Wildman–Crippen LogP) is 1.11. The van der Waals surface area contributed by atoms with E-state index in [-0.39, 0.29) is 6.61 Å². The first-order chi connectivity index (χ1) is 4.25. The van der Waals surface area contributed by atoms with E-state index in [4.69, 9.17) is 10.8 Å². The van der Waals surface area contributed by atoms with Crippen molar-refractivity contribution in [3.05, 3.63) is 10.3 Å². The lowest BCUT2D eigenvalue weighted by atomic mass is 10.4. The van der Waals surface area contributed by atoms with Crippen LogP contribution in [0.2, 0.25) is 0 Å². The van der Waals surface area contributed by atoms with Crippen molar-refractivity contribution in [2.45, 2.75) is 11.5 Å². The minimum Gasteiger partial charge on any atom is -0.397 e. The van der Waals surface area contributed by atoms with E-state index < -0.39 is 0 Å². The van der Waals surface area contributed by atoms with Gasteiger partial charge in [0.1, 0.15) is 0 Å². The summed E-state index contributed by atoms with van der Waals surface area (Å²) in [6, 6.07) is 0. The number of hydrogen-bond donors (Lipinski definition) is 3. The van der Waals surface area contributed by atoms with Gasteiger partial charge in [0.2, 0.25) is 0 Å². The molecule has 1 heterocycles. The minimum atomic E-state index is 0.0110. The van der Waals surface area contributed by atoms with Crippen molar-refractivity contribution < 1.29 is 5.11 Å². The van der Waals surface area contributed by atoms with Crippen LogP contribution in [0.25, 0.3) is 0 Å². The maximum atomic E-state index is 8.63. The summed E-state index contributed by atoms with van der Waals surface area (Å²) in [6.45, 7) is 0.0110. The van der Waals surface area contributed by atoms with Gasteiger partial charge in [-0.1, -0.05) is 0 Å². The van der Waals surface area contributed by atoms with Crippen molar-refractivity contribution in [3.8, 4) is 0 Å². The SMILES string of the molecule is Nc1c(S)csc1CO. The Bertz CT molecular complexity index is 209. The van der Waals surface area contributed by atoms with Crippen molar-refractivity contribution >= 4 is 29.7 Å². The van der Waals surface area contributed by atoms with E-state index in [9.17, 15) is 0 Å². The fourth-order valence-electron chi connectivity index (χ4n) is 0.519. The maximum absolute atomic E-state index is 8.63. The first-order valence-electron chi connectivity index (χ1n) is 2.41. The number of anilines is 1.